The van der Waals surface area contributed by atoms with E-state index in [9.17, 15) is 14.0 Å². The molecule has 1 N–H and O–H groups in total. The molecule has 6 heteroatoms. The van der Waals surface area contributed by atoms with Crippen LogP contribution in [0.1, 0.15) is 5.56 Å². The van der Waals surface area contributed by atoms with Crippen LogP contribution in [0.4, 0.5) is 14.9 Å². The van der Waals surface area contributed by atoms with Crippen LogP contribution in [0.15, 0.2) is 18.2 Å². The lowest BCUT2D eigenvalue weighted by atomic mass is 10.1. The van der Waals surface area contributed by atoms with E-state index in [4.69, 9.17) is 5.26 Å². The maximum atomic E-state index is 12.9. The Morgan fingerprint density at radius 1 is 1.44 bits per heavy atom. The Morgan fingerprint density at radius 2 is 2.19 bits per heavy atom. The summed E-state index contributed by atoms with van der Waals surface area (Å²) in [5.41, 5.74) is 0.0503. The van der Waals surface area contributed by atoms with Crippen molar-refractivity contribution in [3.05, 3.63) is 29.6 Å². The number of nitrogens with one attached hydrogen (secondary N) is 1. The van der Waals surface area contributed by atoms with Crippen molar-refractivity contribution in [1.29, 1.82) is 5.26 Å². The Bertz CT molecular complexity index is 505. The number of hydrogen-bond acceptors (Lipinski definition) is 3. The fourth-order valence-electron chi connectivity index (χ4n) is 1.46. The summed E-state index contributed by atoms with van der Waals surface area (Å²) in [7, 11) is 0. The molecule has 1 heterocycles. The van der Waals surface area contributed by atoms with Gasteiger partial charge >= 0.3 is 6.03 Å². The van der Waals surface area contributed by atoms with Crippen molar-refractivity contribution in [2.24, 2.45) is 0 Å². The van der Waals surface area contributed by atoms with E-state index in [0.717, 1.165) is 17.0 Å². The highest BCUT2D eigenvalue weighted by atomic mass is 19.1. The third-order valence-electron chi connectivity index (χ3n) is 2.16. The molecule has 3 amide bonds. The first kappa shape index (κ1) is 10.1. The van der Waals surface area contributed by atoms with Gasteiger partial charge < -0.3 is 5.32 Å². The van der Waals surface area contributed by atoms with E-state index >= 15 is 0 Å². The summed E-state index contributed by atoms with van der Waals surface area (Å²) >= 11 is 0. The minimum Gasteiger partial charge on any atom is -0.328 e. The fourth-order valence-corrected chi connectivity index (χ4v) is 1.46. The van der Waals surface area contributed by atoms with Gasteiger partial charge in [0, 0.05) is 0 Å². The minimum absolute atomic E-state index is 0.0506. The van der Waals surface area contributed by atoms with Gasteiger partial charge in [0.1, 0.15) is 11.9 Å². The molecular formula is C10H6FN3O2. The number of nitrogens with zero attached hydrogens (tertiary/aromatic N) is 2. The van der Waals surface area contributed by atoms with E-state index in [1.807, 2.05) is 0 Å². The second-order valence-electron chi connectivity index (χ2n) is 3.16. The molecule has 0 aromatic heterocycles. The Balaban J connectivity index is 2.52. The Labute approximate surface area is 90.1 Å². The van der Waals surface area contributed by atoms with Crippen LogP contribution in [-0.4, -0.2) is 18.5 Å². The van der Waals surface area contributed by atoms with E-state index in [2.05, 4.69) is 5.32 Å². The number of amides is 3. The number of carbonyl (C=O) groups excluding carboxylic acids is 2. The van der Waals surface area contributed by atoms with Crippen LogP contribution in [-0.2, 0) is 4.79 Å². The van der Waals surface area contributed by atoms with Crippen LogP contribution in [0.25, 0.3) is 0 Å². The molecular weight excluding hydrogens is 213 g/mol. The molecule has 0 aliphatic carbocycles. The molecule has 2 rings (SSSR count). The van der Waals surface area contributed by atoms with Crippen LogP contribution in [0, 0.1) is 17.1 Å². The summed E-state index contributed by atoms with van der Waals surface area (Å²) < 4.78 is 12.9. The molecule has 0 bridgehead atoms. The van der Waals surface area contributed by atoms with Gasteiger partial charge in [0.2, 0.25) is 0 Å². The molecule has 0 saturated carbocycles. The molecule has 1 aromatic rings. The van der Waals surface area contributed by atoms with Crippen LogP contribution in [0.3, 0.4) is 0 Å². The Kier molecular flexibility index (Phi) is 2.29. The second-order valence-corrected chi connectivity index (χ2v) is 3.16. The van der Waals surface area contributed by atoms with E-state index in [0.29, 0.717) is 0 Å². The van der Waals surface area contributed by atoms with Crippen LogP contribution >= 0.6 is 0 Å². The molecule has 1 fully saturated rings. The number of benzene rings is 1. The minimum atomic E-state index is -0.604. The van der Waals surface area contributed by atoms with Gasteiger partial charge in [-0.25, -0.2) is 14.1 Å². The van der Waals surface area contributed by atoms with Crippen molar-refractivity contribution in [2.75, 3.05) is 11.4 Å². The molecule has 1 aromatic carbocycles. The summed E-state index contributed by atoms with van der Waals surface area (Å²) in [5.74, 6) is -1.06. The summed E-state index contributed by atoms with van der Waals surface area (Å²) in [4.78, 5) is 23.5. The normalized spacial score (nSPS) is 14.9. The first-order valence-corrected chi connectivity index (χ1v) is 4.44. The van der Waals surface area contributed by atoms with Gasteiger partial charge in [-0.05, 0) is 18.2 Å². The number of imide groups is 1. The fraction of sp³-hybridized carbons (Fsp3) is 0.100. The maximum Gasteiger partial charge on any atom is 0.329 e. The lowest BCUT2D eigenvalue weighted by Crippen LogP contribution is -2.31. The molecule has 0 atom stereocenters. The predicted molar refractivity (Wildman–Crippen MR) is 52.0 cm³/mol. The summed E-state index contributed by atoms with van der Waals surface area (Å²) in [6.45, 7) is -0.110. The number of carbonyl (C=O) groups is 2. The van der Waals surface area contributed by atoms with Crippen LogP contribution in [0.2, 0.25) is 0 Å². The first-order chi connectivity index (χ1) is 7.63. The lowest BCUT2D eigenvalue weighted by Gasteiger charge is -2.13. The highest BCUT2D eigenvalue weighted by Crippen LogP contribution is 2.22. The number of nitriles is 1. The Hall–Kier alpha value is -2.42. The average Bonchev–Trinajstić information content (AvgIpc) is 2.59. The number of rotatable bonds is 1. The SMILES string of the molecule is N#Cc1cc(F)ccc1N1C(=O)CNC1=O. The average molecular weight is 219 g/mol. The van der Waals surface area contributed by atoms with Gasteiger partial charge in [0.15, 0.2) is 0 Å². The smallest absolute Gasteiger partial charge is 0.328 e. The van der Waals surface area contributed by atoms with Crippen molar-refractivity contribution in [3.8, 4) is 6.07 Å². The predicted octanol–water partition coefficient (Wildman–Crippen LogP) is 0.754. The second kappa shape index (κ2) is 3.62. The standard InChI is InChI=1S/C10H6FN3O2/c11-7-1-2-8(6(3-7)4-12)14-9(15)5-13-10(14)16/h1-3H,5H2,(H,13,16). The maximum absolute atomic E-state index is 12.9. The number of anilines is 1. The number of urea groups is 1. The molecule has 1 saturated heterocycles. The van der Waals surface area contributed by atoms with Gasteiger partial charge in [-0.15, -0.1) is 0 Å². The zero-order valence-electron chi connectivity index (χ0n) is 8.03. The van der Waals surface area contributed by atoms with E-state index < -0.39 is 17.8 Å². The summed E-state index contributed by atoms with van der Waals surface area (Å²) in [6, 6.07) is 4.44. The topological polar surface area (TPSA) is 73.2 Å². The van der Waals surface area contributed by atoms with E-state index in [1.165, 1.54) is 6.07 Å². The van der Waals surface area contributed by atoms with Crippen molar-refractivity contribution in [2.45, 2.75) is 0 Å². The third-order valence-corrected chi connectivity index (χ3v) is 2.16. The molecule has 0 spiro atoms. The van der Waals surface area contributed by atoms with E-state index in [1.54, 1.807) is 6.07 Å². The van der Waals surface area contributed by atoms with Crippen LogP contribution < -0.4 is 10.2 Å². The largest absolute Gasteiger partial charge is 0.329 e. The van der Waals surface area contributed by atoms with Gasteiger partial charge in [0.05, 0.1) is 17.8 Å². The van der Waals surface area contributed by atoms with Gasteiger partial charge in [-0.1, -0.05) is 0 Å². The molecule has 1 aliphatic heterocycles. The quantitative estimate of drug-likeness (QED) is 0.708. The van der Waals surface area contributed by atoms with Gasteiger partial charge in [0.25, 0.3) is 5.91 Å². The highest BCUT2D eigenvalue weighted by molar-refractivity contribution is 6.20. The lowest BCUT2D eigenvalue weighted by molar-refractivity contribution is -0.115. The molecule has 80 valence electrons. The molecule has 0 unspecified atom stereocenters. The van der Waals surface area contributed by atoms with Gasteiger partial charge in [-0.2, -0.15) is 5.26 Å². The Morgan fingerprint density at radius 3 is 2.75 bits per heavy atom. The van der Waals surface area contributed by atoms with Crippen molar-refractivity contribution >= 4 is 17.6 Å². The monoisotopic (exact) mass is 219 g/mol. The van der Waals surface area contributed by atoms with Crippen molar-refractivity contribution in [3.63, 3.8) is 0 Å². The molecule has 5 nitrogen and oxygen atoms in total. The molecule has 0 radical (unpaired) electrons. The summed E-state index contributed by atoms with van der Waals surface area (Å²) in [6.07, 6.45) is 0. The molecule has 16 heavy (non-hydrogen) atoms. The molecule has 1 aliphatic rings. The summed E-state index contributed by atoms with van der Waals surface area (Å²) in [5, 5.41) is 11.1. The van der Waals surface area contributed by atoms with E-state index in [-0.39, 0.29) is 17.8 Å². The zero-order valence-corrected chi connectivity index (χ0v) is 8.03. The van der Waals surface area contributed by atoms with Crippen molar-refractivity contribution in [1.82, 2.24) is 5.32 Å². The first-order valence-electron chi connectivity index (χ1n) is 4.44. The zero-order chi connectivity index (χ0) is 11.7. The number of halogens is 1. The van der Waals surface area contributed by atoms with Crippen molar-refractivity contribution < 1.29 is 14.0 Å². The van der Waals surface area contributed by atoms with Gasteiger partial charge in [-0.3, -0.25) is 4.79 Å². The third kappa shape index (κ3) is 1.48. The number of hydrogen-bond donors (Lipinski definition) is 1. The highest BCUT2D eigenvalue weighted by Gasteiger charge is 2.31. The van der Waals surface area contributed by atoms with Crippen LogP contribution in [0.5, 0.6) is 0 Å².